The molecule has 0 amide bonds. The van der Waals surface area contributed by atoms with E-state index in [1.165, 1.54) is 6.07 Å². The number of benzene rings is 1. The fraction of sp³-hybridized carbons (Fsp3) is 0. The molecule has 0 aliphatic carbocycles. The summed E-state index contributed by atoms with van der Waals surface area (Å²) in [4.78, 5) is 9.81. The molecule has 11 heavy (non-hydrogen) atoms. The number of rotatable bonds is 2. The summed E-state index contributed by atoms with van der Waals surface area (Å²) >= 11 is 0. The Labute approximate surface area is 62.6 Å². The number of carbonyl (C=O) groups excluding carboxylic acids is 1. The van der Waals surface area contributed by atoms with Crippen molar-refractivity contribution in [3.05, 3.63) is 24.0 Å². The third-order valence-corrected chi connectivity index (χ3v) is 1.08. The van der Waals surface area contributed by atoms with Crippen LogP contribution in [0.5, 0.6) is 5.75 Å². The van der Waals surface area contributed by atoms with Gasteiger partial charge in [0.05, 0.1) is 0 Å². The first-order chi connectivity index (χ1) is 5.22. The molecule has 1 aromatic carbocycles. The molecule has 0 heterocycles. The fourth-order valence-corrected chi connectivity index (χ4v) is 0.708. The summed E-state index contributed by atoms with van der Waals surface area (Å²) in [5.41, 5.74) is 5.48. The van der Waals surface area contributed by atoms with Crippen LogP contribution in [0.25, 0.3) is 0 Å². The first kappa shape index (κ1) is 7.53. The van der Waals surface area contributed by atoms with Crippen LogP contribution in [0.4, 0.5) is 10.1 Å². The lowest BCUT2D eigenvalue weighted by atomic mass is 10.3. The maximum Gasteiger partial charge on any atom is 0.298 e. The summed E-state index contributed by atoms with van der Waals surface area (Å²) in [5, 5.41) is 0. The SMILES string of the molecule is Nc1cc(F)cc(OC=O)c1. The zero-order chi connectivity index (χ0) is 8.27. The lowest BCUT2D eigenvalue weighted by molar-refractivity contribution is -0.120. The summed E-state index contributed by atoms with van der Waals surface area (Å²) in [5.74, 6) is -0.417. The number of hydrogen-bond acceptors (Lipinski definition) is 3. The molecular formula is C7H6FNO2. The third-order valence-electron chi connectivity index (χ3n) is 1.08. The Morgan fingerprint density at radius 1 is 1.45 bits per heavy atom. The quantitative estimate of drug-likeness (QED) is 0.510. The molecule has 2 N–H and O–H groups in total. The Morgan fingerprint density at radius 2 is 2.18 bits per heavy atom. The van der Waals surface area contributed by atoms with Crippen LogP contribution >= 0.6 is 0 Å². The molecule has 3 nitrogen and oxygen atoms in total. The van der Waals surface area contributed by atoms with E-state index in [2.05, 4.69) is 4.74 Å². The average molecular weight is 155 g/mol. The van der Waals surface area contributed by atoms with E-state index in [-0.39, 0.29) is 17.9 Å². The van der Waals surface area contributed by atoms with Crippen molar-refractivity contribution in [2.24, 2.45) is 0 Å². The van der Waals surface area contributed by atoms with Gasteiger partial charge in [-0.2, -0.15) is 0 Å². The molecule has 0 atom stereocenters. The van der Waals surface area contributed by atoms with Gasteiger partial charge in [-0.15, -0.1) is 0 Å². The maximum atomic E-state index is 12.5. The topological polar surface area (TPSA) is 52.3 Å². The van der Waals surface area contributed by atoms with E-state index in [4.69, 9.17) is 5.73 Å². The largest absolute Gasteiger partial charge is 0.429 e. The second kappa shape index (κ2) is 3.01. The number of carbonyl (C=O) groups is 1. The van der Waals surface area contributed by atoms with Crippen molar-refractivity contribution in [3.63, 3.8) is 0 Å². The number of nitrogens with two attached hydrogens (primary N) is 1. The van der Waals surface area contributed by atoms with Gasteiger partial charge in [0.25, 0.3) is 6.47 Å². The van der Waals surface area contributed by atoms with Crippen molar-refractivity contribution in [1.82, 2.24) is 0 Å². The second-order valence-corrected chi connectivity index (χ2v) is 1.93. The Morgan fingerprint density at radius 3 is 2.73 bits per heavy atom. The summed E-state index contributed by atoms with van der Waals surface area (Å²) in [6, 6.07) is 3.57. The number of nitrogen functional groups attached to an aromatic ring is 1. The van der Waals surface area contributed by atoms with Crippen LogP contribution in [0.2, 0.25) is 0 Å². The van der Waals surface area contributed by atoms with E-state index in [1.807, 2.05) is 0 Å². The summed E-state index contributed by atoms with van der Waals surface area (Å²) in [6.45, 7) is 0.216. The molecule has 0 aliphatic heterocycles. The highest BCUT2D eigenvalue weighted by Gasteiger charge is 1.97. The van der Waals surface area contributed by atoms with Crippen molar-refractivity contribution < 1.29 is 13.9 Å². The number of hydrogen-bond donors (Lipinski definition) is 1. The van der Waals surface area contributed by atoms with Crippen LogP contribution in [0.15, 0.2) is 18.2 Å². The summed E-state index contributed by atoms with van der Waals surface area (Å²) in [7, 11) is 0. The van der Waals surface area contributed by atoms with Crippen LogP contribution in [0, 0.1) is 5.82 Å². The van der Waals surface area contributed by atoms with Crippen molar-refractivity contribution in [2.45, 2.75) is 0 Å². The molecule has 0 radical (unpaired) electrons. The van der Waals surface area contributed by atoms with Crippen molar-refractivity contribution in [2.75, 3.05) is 5.73 Å². The first-order valence-corrected chi connectivity index (χ1v) is 2.89. The highest BCUT2D eigenvalue weighted by Crippen LogP contribution is 2.16. The van der Waals surface area contributed by atoms with E-state index in [0.29, 0.717) is 0 Å². The standard InChI is InChI=1S/C7H6FNO2/c8-5-1-6(9)3-7(2-5)11-4-10/h1-4H,9H2. The van der Waals surface area contributed by atoms with Gasteiger partial charge in [0, 0.05) is 17.8 Å². The highest BCUT2D eigenvalue weighted by molar-refractivity contribution is 5.50. The van der Waals surface area contributed by atoms with Crippen LogP contribution in [-0.2, 0) is 4.79 Å². The predicted octanol–water partition coefficient (Wildman–Crippen LogP) is 0.943. The Kier molecular flexibility index (Phi) is 2.06. The van der Waals surface area contributed by atoms with Gasteiger partial charge in [-0.25, -0.2) is 4.39 Å². The number of ether oxygens (including phenoxy) is 1. The molecule has 1 aromatic rings. The zero-order valence-corrected chi connectivity index (χ0v) is 5.58. The second-order valence-electron chi connectivity index (χ2n) is 1.93. The predicted molar refractivity (Wildman–Crippen MR) is 37.5 cm³/mol. The van der Waals surface area contributed by atoms with E-state index < -0.39 is 5.82 Å². The number of halogens is 1. The fourth-order valence-electron chi connectivity index (χ4n) is 0.708. The smallest absolute Gasteiger partial charge is 0.298 e. The molecular weight excluding hydrogens is 149 g/mol. The van der Waals surface area contributed by atoms with Gasteiger partial charge in [0.2, 0.25) is 0 Å². The van der Waals surface area contributed by atoms with Crippen LogP contribution in [-0.4, -0.2) is 6.47 Å². The van der Waals surface area contributed by atoms with Crippen molar-refractivity contribution in [1.29, 1.82) is 0 Å². The minimum absolute atomic E-state index is 0.109. The molecule has 0 aromatic heterocycles. The molecule has 4 heteroatoms. The Balaban J connectivity index is 2.98. The van der Waals surface area contributed by atoms with E-state index in [1.54, 1.807) is 0 Å². The van der Waals surface area contributed by atoms with E-state index >= 15 is 0 Å². The zero-order valence-electron chi connectivity index (χ0n) is 5.58. The summed E-state index contributed by atoms with van der Waals surface area (Å²) in [6.07, 6.45) is 0. The molecule has 0 fully saturated rings. The molecule has 1 rings (SSSR count). The first-order valence-electron chi connectivity index (χ1n) is 2.89. The normalized spacial score (nSPS) is 9.18. The van der Waals surface area contributed by atoms with Gasteiger partial charge >= 0.3 is 0 Å². The lowest BCUT2D eigenvalue weighted by Crippen LogP contribution is -1.92. The highest BCUT2D eigenvalue weighted by atomic mass is 19.1. The lowest BCUT2D eigenvalue weighted by Gasteiger charge is -1.98. The van der Waals surface area contributed by atoms with Gasteiger partial charge < -0.3 is 10.5 Å². The number of anilines is 1. The average Bonchev–Trinajstić information content (AvgIpc) is 1.85. The van der Waals surface area contributed by atoms with E-state index in [9.17, 15) is 9.18 Å². The van der Waals surface area contributed by atoms with Crippen LogP contribution < -0.4 is 10.5 Å². The monoisotopic (exact) mass is 155 g/mol. The molecule has 0 saturated carbocycles. The van der Waals surface area contributed by atoms with Crippen LogP contribution in [0.3, 0.4) is 0 Å². The van der Waals surface area contributed by atoms with Gasteiger partial charge in [0.15, 0.2) is 0 Å². The third kappa shape index (κ3) is 1.93. The molecule has 0 spiro atoms. The molecule has 0 bridgehead atoms. The summed E-state index contributed by atoms with van der Waals surface area (Å²) < 4.78 is 16.8. The van der Waals surface area contributed by atoms with E-state index in [0.717, 1.165) is 12.1 Å². The van der Waals surface area contributed by atoms with Gasteiger partial charge in [0.1, 0.15) is 11.6 Å². The molecule has 0 saturated heterocycles. The molecule has 58 valence electrons. The van der Waals surface area contributed by atoms with Crippen molar-refractivity contribution >= 4 is 12.2 Å². The molecule has 0 unspecified atom stereocenters. The molecule has 0 aliphatic rings. The Bertz CT molecular complexity index is 255. The minimum atomic E-state index is -0.526. The van der Waals surface area contributed by atoms with Gasteiger partial charge in [-0.05, 0) is 6.07 Å². The van der Waals surface area contributed by atoms with Crippen molar-refractivity contribution in [3.8, 4) is 5.75 Å². The van der Waals surface area contributed by atoms with Gasteiger partial charge in [-0.1, -0.05) is 0 Å². The Hall–Kier alpha value is -1.58. The maximum absolute atomic E-state index is 12.5. The van der Waals surface area contributed by atoms with Crippen LogP contribution in [0.1, 0.15) is 0 Å². The minimum Gasteiger partial charge on any atom is -0.429 e. The van der Waals surface area contributed by atoms with Gasteiger partial charge in [-0.3, -0.25) is 4.79 Å².